The summed E-state index contributed by atoms with van der Waals surface area (Å²) in [6.07, 6.45) is 2.09. The van der Waals surface area contributed by atoms with Crippen molar-refractivity contribution in [1.29, 1.82) is 0 Å². The molecule has 1 saturated carbocycles. The Morgan fingerprint density at radius 2 is 2.10 bits per heavy atom. The maximum atomic E-state index is 12.2. The first-order valence-corrected chi connectivity index (χ1v) is 10.6. The Labute approximate surface area is 177 Å². The maximum absolute atomic E-state index is 12.2. The van der Waals surface area contributed by atoms with Crippen LogP contribution in [-0.4, -0.2) is 37.8 Å². The zero-order valence-corrected chi connectivity index (χ0v) is 16.9. The number of aromatic nitrogens is 3. The van der Waals surface area contributed by atoms with Gasteiger partial charge in [-0.25, -0.2) is 0 Å². The largest absolute Gasteiger partial charge is 0.360 e. The molecule has 0 bridgehead atoms. The lowest BCUT2D eigenvalue weighted by Gasteiger charge is -2.03. The van der Waals surface area contributed by atoms with E-state index in [0.717, 1.165) is 35.9 Å². The van der Waals surface area contributed by atoms with Crippen LogP contribution in [-0.2, 0) is 4.79 Å². The number of thioether (sulfide) groups is 1. The molecule has 13 heteroatoms. The Hall–Kier alpha value is -3.32. The average molecular weight is 446 g/mol. The van der Waals surface area contributed by atoms with Gasteiger partial charge in [-0.1, -0.05) is 34.3 Å². The molecule has 11 nitrogen and oxygen atoms in total. The Morgan fingerprint density at radius 3 is 2.87 bits per heavy atom. The second kappa shape index (κ2) is 8.59. The molecule has 2 N–H and O–H groups in total. The van der Waals surface area contributed by atoms with Crippen molar-refractivity contribution in [3.63, 3.8) is 0 Å². The summed E-state index contributed by atoms with van der Waals surface area (Å²) in [4.78, 5) is 34.5. The van der Waals surface area contributed by atoms with Crippen molar-refractivity contribution in [2.24, 2.45) is 0 Å². The molecule has 0 radical (unpaired) electrons. The minimum absolute atomic E-state index is 0.0271. The van der Waals surface area contributed by atoms with E-state index in [1.165, 1.54) is 18.2 Å². The van der Waals surface area contributed by atoms with E-state index in [-0.39, 0.29) is 28.2 Å². The number of nitrogens with zero attached hydrogens (tertiary/aromatic N) is 4. The summed E-state index contributed by atoms with van der Waals surface area (Å²) in [6, 6.07) is 7.30. The Bertz CT molecular complexity index is 1110. The van der Waals surface area contributed by atoms with Crippen LogP contribution >= 0.6 is 23.1 Å². The van der Waals surface area contributed by atoms with Crippen molar-refractivity contribution in [2.75, 3.05) is 16.4 Å². The van der Waals surface area contributed by atoms with Crippen molar-refractivity contribution in [2.45, 2.75) is 23.1 Å². The number of rotatable bonds is 8. The third-order valence-corrected chi connectivity index (χ3v) is 6.01. The van der Waals surface area contributed by atoms with E-state index in [1.807, 2.05) is 0 Å². The highest BCUT2D eigenvalue weighted by Crippen LogP contribution is 2.40. The van der Waals surface area contributed by atoms with Crippen molar-refractivity contribution >= 4 is 51.4 Å². The normalized spacial score (nSPS) is 13.1. The van der Waals surface area contributed by atoms with Gasteiger partial charge in [-0.2, -0.15) is 0 Å². The van der Waals surface area contributed by atoms with Gasteiger partial charge in [0.05, 0.1) is 10.7 Å². The van der Waals surface area contributed by atoms with Gasteiger partial charge in [0.15, 0.2) is 10.0 Å². The van der Waals surface area contributed by atoms with Gasteiger partial charge in [0.1, 0.15) is 5.76 Å². The van der Waals surface area contributed by atoms with Crippen molar-refractivity contribution in [1.82, 2.24) is 15.4 Å². The zero-order chi connectivity index (χ0) is 21.1. The van der Waals surface area contributed by atoms with E-state index in [4.69, 9.17) is 4.52 Å². The van der Waals surface area contributed by atoms with Gasteiger partial charge in [-0.05, 0) is 18.9 Å². The molecule has 1 aliphatic rings. The lowest BCUT2D eigenvalue weighted by atomic mass is 10.3. The lowest BCUT2D eigenvalue weighted by molar-refractivity contribution is -0.384. The Balaban J connectivity index is 1.27. The monoisotopic (exact) mass is 446 g/mol. The van der Waals surface area contributed by atoms with Crippen LogP contribution in [0.3, 0.4) is 0 Å². The van der Waals surface area contributed by atoms with Crippen LogP contribution in [0.2, 0.25) is 0 Å². The molecule has 2 amide bonds. The fourth-order valence-corrected chi connectivity index (χ4v) is 4.00. The van der Waals surface area contributed by atoms with Gasteiger partial charge in [-0.3, -0.25) is 25.0 Å². The highest BCUT2D eigenvalue weighted by Gasteiger charge is 2.29. The Morgan fingerprint density at radius 1 is 1.27 bits per heavy atom. The summed E-state index contributed by atoms with van der Waals surface area (Å²) >= 11 is 2.25. The lowest BCUT2D eigenvalue weighted by Crippen LogP contribution is -2.14. The second-order valence-electron chi connectivity index (χ2n) is 6.36. The molecule has 0 unspecified atom stereocenters. The van der Waals surface area contributed by atoms with Crippen LogP contribution in [0.25, 0.3) is 0 Å². The Kier molecular flexibility index (Phi) is 5.72. The number of anilines is 2. The number of nitro benzene ring substituents is 1. The highest BCUT2D eigenvalue weighted by atomic mass is 32.2. The van der Waals surface area contributed by atoms with Crippen LogP contribution in [0.15, 0.2) is 39.2 Å². The summed E-state index contributed by atoms with van der Waals surface area (Å²) in [5.41, 5.74) is 0.400. The highest BCUT2D eigenvalue weighted by molar-refractivity contribution is 8.01. The number of benzene rings is 1. The molecular formula is C17H14N6O5S2. The smallest absolute Gasteiger partial charge is 0.279 e. The molecule has 2 aromatic heterocycles. The number of non-ortho nitro benzene ring substituents is 1. The van der Waals surface area contributed by atoms with Crippen molar-refractivity contribution < 1.29 is 19.0 Å². The quantitative estimate of drug-likeness (QED) is 0.230. The van der Waals surface area contributed by atoms with Gasteiger partial charge in [-0.15, -0.1) is 10.2 Å². The van der Waals surface area contributed by atoms with E-state index in [9.17, 15) is 19.7 Å². The molecule has 30 heavy (non-hydrogen) atoms. The number of carbonyl (C=O) groups excluding carboxylic acids is 2. The van der Waals surface area contributed by atoms with Crippen LogP contribution < -0.4 is 10.6 Å². The molecule has 3 aromatic rings. The summed E-state index contributed by atoms with van der Waals surface area (Å²) < 4.78 is 5.64. The van der Waals surface area contributed by atoms with Crippen molar-refractivity contribution in [3.8, 4) is 0 Å². The fourth-order valence-electron chi connectivity index (χ4n) is 2.46. The number of carbonyl (C=O) groups is 2. The van der Waals surface area contributed by atoms with E-state index < -0.39 is 10.8 Å². The SMILES string of the molecule is O=C(CSc1nnc(NC(=O)c2cc(C3CC3)on2)s1)Nc1cccc([N+](=O)[O-])c1. The van der Waals surface area contributed by atoms with Gasteiger partial charge in [0, 0.05) is 29.8 Å². The molecule has 154 valence electrons. The zero-order valence-electron chi connectivity index (χ0n) is 15.2. The number of hydrogen-bond donors (Lipinski definition) is 2. The van der Waals surface area contributed by atoms with E-state index >= 15 is 0 Å². The molecule has 1 aromatic carbocycles. The van der Waals surface area contributed by atoms with Crippen LogP contribution in [0.5, 0.6) is 0 Å². The maximum Gasteiger partial charge on any atom is 0.279 e. The molecule has 2 heterocycles. The van der Waals surface area contributed by atoms with E-state index in [2.05, 4.69) is 26.0 Å². The summed E-state index contributed by atoms with van der Waals surface area (Å²) in [5.74, 6) is 0.303. The first-order chi connectivity index (χ1) is 14.5. The second-order valence-corrected chi connectivity index (χ2v) is 8.56. The first kappa shape index (κ1) is 20.0. The predicted molar refractivity (Wildman–Crippen MR) is 109 cm³/mol. The molecule has 0 spiro atoms. The summed E-state index contributed by atoms with van der Waals surface area (Å²) in [6.45, 7) is 0. The number of nitrogens with one attached hydrogen (secondary N) is 2. The van der Waals surface area contributed by atoms with Crippen LogP contribution in [0.4, 0.5) is 16.5 Å². The molecule has 0 aliphatic heterocycles. The topological polar surface area (TPSA) is 153 Å². The number of hydrogen-bond acceptors (Lipinski definition) is 10. The first-order valence-electron chi connectivity index (χ1n) is 8.76. The molecule has 0 atom stereocenters. The summed E-state index contributed by atoms with van der Waals surface area (Å²) in [7, 11) is 0. The number of nitro groups is 1. The standard InChI is InChI=1S/C17H14N6O5S2/c24-14(18-10-2-1-3-11(6-10)23(26)27)8-29-17-21-20-16(30-17)19-15(25)12-7-13(28-22-12)9-4-5-9/h1-3,6-7,9H,4-5,8H2,(H,18,24)(H,19,20,25). The van der Waals surface area contributed by atoms with E-state index in [0.29, 0.717) is 21.7 Å². The molecule has 1 fully saturated rings. The van der Waals surface area contributed by atoms with E-state index in [1.54, 1.807) is 12.1 Å². The molecule has 0 saturated heterocycles. The van der Waals surface area contributed by atoms with Crippen molar-refractivity contribution in [3.05, 3.63) is 51.9 Å². The predicted octanol–water partition coefficient (Wildman–Crippen LogP) is 3.29. The van der Waals surface area contributed by atoms with Crippen LogP contribution in [0.1, 0.15) is 35.0 Å². The van der Waals surface area contributed by atoms with Gasteiger partial charge >= 0.3 is 0 Å². The van der Waals surface area contributed by atoms with Gasteiger partial charge in [0.2, 0.25) is 11.0 Å². The summed E-state index contributed by atoms with van der Waals surface area (Å²) in [5, 5.41) is 27.8. The third-order valence-electron chi connectivity index (χ3n) is 4.04. The van der Waals surface area contributed by atoms with Gasteiger partial charge < -0.3 is 9.84 Å². The average Bonchev–Trinajstić information content (AvgIpc) is 3.28. The molecule has 1 aliphatic carbocycles. The minimum Gasteiger partial charge on any atom is -0.360 e. The molecule has 4 rings (SSSR count). The fraction of sp³-hybridized carbons (Fsp3) is 0.235. The van der Waals surface area contributed by atoms with Gasteiger partial charge in [0.25, 0.3) is 11.6 Å². The minimum atomic E-state index is -0.534. The third kappa shape index (κ3) is 4.99. The van der Waals surface area contributed by atoms with Crippen LogP contribution in [0, 0.1) is 10.1 Å². The molecular weight excluding hydrogens is 432 g/mol. The number of amides is 2.